The molecule has 0 aliphatic rings. The van der Waals surface area contributed by atoms with Crippen molar-refractivity contribution in [1.82, 2.24) is 14.9 Å². The normalized spacial score (nSPS) is 12.1. The predicted octanol–water partition coefficient (Wildman–Crippen LogP) is 3.56. The van der Waals surface area contributed by atoms with Crippen LogP contribution in [-0.4, -0.2) is 21.2 Å². The zero-order valence-electron chi connectivity index (χ0n) is 14.4. The molecule has 26 heavy (non-hydrogen) atoms. The van der Waals surface area contributed by atoms with Gasteiger partial charge in [-0.15, -0.1) is 0 Å². The van der Waals surface area contributed by atoms with Crippen LogP contribution in [0.3, 0.4) is 0 Å². The average molecular weight is 388 g/mol. The van der Waals surface area contributed by atoms with Gasteiger partial charge in [0.1, 0.15) is 0 Å². The van der Waals surface area contributed by atoms with Crippen LogP contribution in [0.2, 0.25) is 5.02 Å². The van der Waals surface area contributed by atoms with Gasteiger partial charge < -0.3 is 5.32 Å². The second-order valence-corrected chi connectivity index (χ2v) is 7.28. The van der Waals surface area contributed by atoms with Crippen molar-refractivity contribution in [2.24, 2.45) is 7.05 Å². The van der Waals surface area contributed by atoms with E-state index < -0.39 is 0 Å². The standard InChI is InChI=1S/C19H18ClN3O2S/c1-12(13-7-9-14(20)10-8-13)21-17(24)11-26-19-22-16-6-4-3-5-15(16)18(25)23(19)2/h3-10,12H,11H2,1-2H3,(H,21,24)/t12-/m1/s1. The molecule has 5 nitrogen and oxygen atoms in total. The molecule has 1 atom stereocenters. The summed E-state index contributed by atoms with van der Waals surface area (Å²) in [6, 6.07) is 14.4. The molecule has 0 unspecified atom stereocenters. The lowest BCUT2D eigenvalue weighted by Gasteiger charge is -2.14. The molecule has 2 aromatic carbocycles. The van der Waals surface area contributed by atoms with E-state index in [0.29, 0.717) is 21.1 Å². The number of hydrogen-bond acceptors (Lipinski definition) is 4. The Hall–Kier alpha value is -2.31. The highest BCUT2D eigenvalue weighted by molar-refractivity contribution is 7.99. The van der Waals surface area contributed by atoms with E-state index >= 15 is 0 Å². The number of thioether (sulfide) groups is 1. The third kappa shape index (κ3) is 4.08. The lowest BCUT2D eigenvalue weighted by atomic mass is 10.1. The molecule has 3 aromatic rings. The van der Waals surface area contributed by atoms with E-state index in [0.717, 1.165) is 5.56 Å². The maximum atomic E-state index is 12.4. The Morgan fingerprint density at radius 2 is 1.92 bits per heavy atom. The largest absolute Gasteiger partial charge is 0.349 e. The summed E-state index contributed by atoms with van der Waals surface area (Å²) >= 11 is 7.13. The first-order valence-corrected chi connectivity index (χ1v) is 9.45. The van der Waals surface area contributed by atoms with Gasteiger partial charge in [-0.2, -0.15) is 0 Å². The number of para-hydroxylation sites is 1. The first-order chi connectivity index (χ1) is 12.5. The van der Waals surface area contributed by atoms with Gasteiger partial charge in [-0.05, 0) is 36.8 Å². The van der Waals surface area contributed by atoms with E-state index in [2.05, 4.69) is 10.3 Å². The third-order valence-electron chi connectivity index (χ3n) is 4.02. The summed E-state index contributed by atoms with van der Waals surface area (Å²) in [6.07, 6.45) is 0. The summed E-state index contributed by atoms with van der Waals surface area (Å²) in [6.45, 7) is 1.91. The van der Waals surface area contributed by atoms with Gasteiger partial charge in [0.2, 0.25) is 5.91 Å². The predicted molar refractivity (Wildman–Crippen MR) is 106 cm³/mol. The quantitative estimate of drug-likeness (QED) is 0.537. The highest BCUT2D eigenvalue weighted by Gasteiger charge is 2.13. The number of carbonyl (C=O) groups is 1. The SMILES string of the molecule is C[C@@H](NC(=O)CSc1nc2ccccc2c(=O)n1C)c1ccc(Cl)cc1. The van der Waals surface area contributed by atoms with E-state index in [1.165, 1.54) is 16.3 Å². The molecule has 7 heteroatoms. The fourth-order valence-electron chi connectivity index (χ4n) is 2.57. The van der Waals surface area contributed by atoms with Gasteiger partial charge in [-0.3, -0.25) is 14.2 Å². The molecule has 0 saturated heterocycles. The first kappa shape index (κ1) is 18.5. The van der Waals surface area contributed by atoms with Crippen LogP contribution in [0.25, 0.3) is 10.9 Å². The smallest absolute Gasteiger partial charge is 0.261 e. The van der Waals surface area contributed by atoms with E-state index in [9.17, 15) is 9.59 Å². The van der Waals surface area contributed by atoms with Gasteiger partial charge in [0.05, 0.1) is 22.7 Å². The minimum atomic E-state index is -0.131. The maximum Gasteiger partial charge on any atom is 0.261 e. The Kier molecular flexibility index (Phi) is 5.64. The Morgan fingerprint density at radius 1 is 1.23 bits per heavy atom. The van der Waals surface area contributed by atoms with Gasteiger partial charge in [0.25, 0.3) is 5.56 Å². The van der Waals surface area contributed by atoms with Crippen molar-refractivity contribution in [2.45, 2.75) is 18.1 Å². The molecule has 1 aromatic heterocycles. The van der Waals surface area contributed by atoms with E-state index in [-0.39, 0.29) is 23.3 Å². The lowest BCUT2D eigenvalue weighted by molar-refractivity contribution is -0.119. The van der Waals surface area contributed by atoms with Gasteiger partial charge >= 0.3 is 0 Å². The molecule has 1 N–H and O–H groups in total. The lowest BCUT2D eigenvalue weighted by Crippen LogP contribution is -2.28. The zero-order chi connectivity index (χ0) is 18.7. The van der Waals surface area contributed by atoms with Crippen LogP contribution in [0.4, 0.5) is 0 Å². The number of fused-ring (bicyclic) bond motifs is 1. The average Bonchev–Trinajstić information content (AvgIpc) is 2.64. The summed E-state index contributed by atoms with van der Waals surface area (Å²) in [4.78, 5) is 29.1. The molecule has 134 valence electrons. The highest BCUT2D eigenvalue weighted by Crippen LogP contribution is 2.19. The van der Waals surface area contributed by atoms with Crippen LogP contribution < -0.4 is 10.9 Å². The number of nitrogens with zero attached hydrogens (tertiary/aromatic N) is 2. The van der Waals surface area contributed by atoms with Crippen LogP contribution in [-0.2, 0) is 11.8 Å². The van der Waals surface area contributed by atoms with Crippen molar-refractivity contribution in [3.8, 4) is 0 Å². The number of carbonyl (C=O) groups excluding carboxylic acids is 1. The maximum absolute atomic E-state index is 12.4. The van der Waals surface area contributed by atoms with Crippen molar-refractivity contribution in [3.05, 3.63) is 69.5 Å². The molecule has 0 saturated carbocycles. The summed E-state index contributed by atoms with van der Waals surface area (Å²) in [7, 11) is 1.67. The molecule has 0 aliphatic heterocycles. The molecule has 0 aliphatic carbocycles. The van der Waals surface area contributed by atoms with Gasteiger partial charge in [-0.1, -0.05) is 47.6 Å². The summed E-state index contributed by atoms with van der Waals surface area (Å²) in [5.41, 5.74) is 1.49. The van der Waals surface area contributed by atoms with Crippen LogP contribution in [0.1, 0.15) is 18.5 Å². The number of hydrogen-bond donors (Lipinski definition) is 1. The first-order valence-electron chi connectivity index (χ1n) is 8.09. The summed E-state index contributed by atoms with van der Waals surface area (Å²) in [5, 5.41) is 4.68. The second-order valence-electron chi connectivity index (χ2n) is 5.91. The molecule has 0 bridgehead atoms. The van der Waals surface area contributed by atoms with Crippen molar-refractivity contribution in [2.75, 3.05) is 5.75 Å². The van der Waals surface area contributed by atoms with Crippen LogP contribution in [0.5, 0.6) is 0 Å². The third-order valence-corrected chi connectivity index (χ3v) is 5.30. The summed E-state index contributed by atoms with van der Waals surface area (Å²) < 4.78 is 1.48. The fourth-order valence-corrected chi connectivity index (χ4v) is 3.48. The number of halogens is 1. The minimum Gasteiger partial charge on any atom is -0.349 e. The number of benzene rings is 2. The number of aromatic nitrogens is 2. The van der Waals surface area contributed by atoms with Gasteiger partial charge in [0.15, 0.2) is 5.16 Å². The van der Waals surface area contributed by atoms with Crippen LogP contribution in [0.15, 0.2) is 58.5 Å². The molecule has 1 heterocycles. The van der Waals surface area contributed by atoms with E-state index in [1.54, 1.807) is 31.3 Å². The number of amides is 1. The Bertz CT molecular complexity index is 1000. The molecular formula is C19H18ClN3O2S. The minimum absolute atomic E-state index is 0.118. The van der Waals surface area contributed by atoms with Crippen molar-refractivity contribution in [3.63, 3.8) is 0 Å². The van der Waals surface area contributed by atoms with Gasteiger partial charge in [-0.25, -0.2) is 4.98 Å². The molecule has 0 spiro atoms. The monoisotopic (exact) mass is 387 g/mol. The van der Waals surface area contributed by atoms with Crippen LogP contribution in [0, 0.1) is 0 Å². The summed E-state index contributed by atoms with van der Waals surface area (Å²) in [5.74, 6) is 0.0520. The zero-order valence-corrected chi connectivity index (χ0v) is 16.0. The second kappa shape index (κ2) is 7.93. The molecule has 0 radical (unpaired) electrons. The van der Waals surface area contributed by atoms with E-state index in [4.69, 9.17) is 11.6 Å². The molecule has 0 fully saturated rings. The fraction of sp³-hybridized carbons (Fsp3) is 0.211. The Morgan fingerprint density at radius 3 is 2.65 bits per heavy atom. The Balaban J connectivity index is 1.68. The Labute approximate surface area is 160 Å². The topological polar surface area (TPSA) is 64.0 Å². The molecule has 3 rings (SSSR count). The molecular weight excluding hydrogens is 370 g/mol. The molecule has 1 amide bonds. The van der Waals surface area contributed by atoms with Crippen LogP contribution >= 0.6 is 23.4 Å². The van der Waals surface area contributed by atoms with Crippen molar-refractivity contribution < 1.29 is 4.79 Å². The van der Waals surface area contributed by atoms with E-state index in [1.807, 2.05) is 31.2 Å². The van der Waals surface area contributed by atoms with Crippen molar-refractivity contribution in [1.29, 1.82) is 0 Å². The highest BCUT2D eigenvalue weighted by atomic mass is 35.5. The van der Waals surface area contributed by atoms with Crippen molar-refractivity contribution >= 4 is 40.2 Å². The van der Waals surface area contributed by atoms with Gasteiger partial charge in [0, 0.05) is 12.1 Å². The number of nitrogens with one attached hydrogen (secondary N) is 1. The number of rotatable bonds is 5.